The highest BCUT2D eigenvalue weighted by atomic mass is 79.9. The van der Waals surface area contributed by atoms with Crippen molar-refractivity contribution in [1.82, 2.24) is 5.32 Å². The number of ether oxygens (including phenoxy) is 1. The molecule has 0 saturated heterocycles. The third-order valence-corrected chi connectivity index (χ3v) is 3.33. The summed E-state index contributed by atoms with van der Waals surface area (Å²) in [6.07, 6.45) is 2.17. The van der Waals surface area contributed by atoms with Gasteiger partial charge in [0.15, 0.2) is 0 Å². The van der Waals surface area contributed by atoms with Crippen LogP contribution in [-0.4, -0.2) is 19.1 Å². The summed E-state index contributed by atoms with van der Waals surface area (Å²) in [4.78, 5) is 11.8. The van der Waals surface area contributed by atoms with Crippen LogP contribution in [-0.2, 0) is 4.74 Å². The van der Waals surface area contributed by atoms with Gasteiger partial charge in [-0.15, -0.1) is 0 Å². The normalized spacial score (nSPS) is 9.76. The molecule has 92 valence electrons. The van der Waals surface area contributed by atoms with Gasteiger partial charge in [-0.25, -0.2) is 0 Å². The monoisotopic (exact) mass is 297 g/mol. The van der Waals surface area contributed by atoms with E-state index >= 15 is 0 Å². The lowest BCUT2D eigenvalue weighted by Gasteiger charge is -2.08. The van der Waals surface area contributed by atoms with E-state index in [9.17, 15) is 4.79 Å². The highest BCUT2D eigenvalue weighted by Crippen LogP contribution is 2.20. The van der Waals surface area contributed by atoms with Gasteiger partial charge in [0.25, 0.3) is 5.91 Å². The third-order valence-electron chi connectivity index (χ3n) is 2.28. The van der Waals surface area contributed by atoms with Crippen molar-refractivity contribution in [2.45, 2.75) is 13.3 Å². The third kappa shape index (κ3) is 4.23. The molecule has 0 spiro atoms. The summed E-state index contributed by atoms with van der Waals surface area (Å²) in [5.41, 5.74) is 1.71. The van der Waals surface area contributed by atoms with E-state index in [4.69, 9.17) is 4.74 Å². The maximum atomic E-state index is 11.8. The molecule has 1 rings (SSSR count). The first-order chi connectivity index (χ1) is 8.16. The predicted molar refractivity (Wildman–Crippen MR) is 72.0 cm³/mol. The summed E-state index contributed by atoms with van der Waals surface area (Å²) < 4.78 is 5.81. The van der Waals surface area contributed by atoms with Crippen LogP contribution >= 0.6 is 15.9 Å². The van der Waals surface area contributed by atoms with Crippen LogP contribution in [0.3, 0.4) is 0 Å². The second kappa shape index (κ2) is 7.12. The molecular weight excluding hydrogens is 282 g/mol. The maximum Gasteiger partial charge on any atom is 0.252 e. The van der Waals surface area contributed by atoms with E-state index in [0.29, 0.717) is 18.7 Å². The van der Waals surface area contributed by atoms with Gasteiger partial charge in [-0.1, -0.05) is 18.7 Å². The maximum absolute atomic E-state index is 11.8. The molecule has 0 radical (unpaired) electrons. The standard InChI is InChI=1S/C13H16BrNO2/c1-3-17-9-5-8-15-13(16)11-7-4-6-10(2)12(11)14/h3-4,6-7H,1,5,8-9H2,2H3,(H,15,16). The first kappa shape index (κ1) is 13.8. The molecule has 0 heterocycles. The SMILES string of the molecule is C=COCCCNC(=O)c1cccc(C)c1Br. The molecule has 0 saturated carbocycles. The van der Waals surface area contributed by atoms with E-state index in [0.717, 1.165) is 16.5 Å². The molecule has 1 N–H and O–H groups in total. The van der Waals surface area contributed by atoms with Gasteiger partial charge in [-0.3, -0.25) is 4.79 Å². The quantitative estimate of drug-likeness (QED) is 0.647. The summed E-state index contributed by atoms with van der Waals surface area (Å²) >= 11 is 3.42. The Labute approximate surface area is 110 Å². The van der Waals surface area contributed by atoms with Crippen molar-refractivity contribution in [3.05, 3.63) is 46.6 Å². The Hall–Kier alpha value is -1.29. The lowest BCUT2D eigenvalue weighted by Crippen LogP contribution is -2.25. The van der Waals surface area contributed by atoms with Crippen LogP contribution in [0.1, 0.15) is 22.3 Å². The molecule has 0 aliphatic carbocycles. The largest absolute Gasteiger partial charge is 0.502 e. The molecular formula is C13H16BrNO2. The molecule has 3 nitrogen and oxygen atoms in total. The highest BCUT2D eigenvalue weighted by molar-refractivity contribution is 9.10. The van der Waals surface area contributed by atoms with Crippen LogP contribution < -0.4 is 5.32 Å². The van der Waals surface area contributed by atoms with Gasteiger partial charge >= 0.3 is 0 Å². The fraction of sp³-hybridized carbons (Fsp3) is 0.308. The first-order valence-corrected chi connectivity index (χ1v) is 6.22. The number of carbonyl (C=O) groups excluding carboxylic acids is 1. The minimum atomic E-state index is -0.0702. The van der Waals surface area contributed by atoms with Gasteiger partial charge in [0, 0.05) is 11.0 Å². The lowest BCUT2D eigenvalue weighted by atomic mass is 10.1. The van der Waals surface area contributed by atoms with Crippen molar-refractivity contribution in [2.24, 2.45) is 0 Å². The van der Waals surface area contributed by atoms with Crippen LogP contribution in [0.25, 0.3) is 0 Å². The fourth-order valence-corrected chi connectivity index (χ4v) is 1.80. The summed E-state index contributed by atoms with van der Waals surface area (Å²) in [6.45, 7) is 6.56. The summed E-state index contributed by atoms with van der Waals surface area (Å²) in [7, 11) is 0. The van der Waals surface area contributed by atoms with Crippen molar-refractivity contribution in [3.8, 4) is 0 Å². The Morgan fingerprint density at radius 1 is 1.59 bits per heavy atom. The molecule has 0 aliphatic rings. The van der Waals surface area contributed by atoms with Gasteiger partial charge in [-0.05, 0) is 40.9 Å². The van der Waals surface area contributed by atoms with Crippen LogP contribution in [0.4, 0.5) is 0 Å². The van der Waals surface area contributed by atoms with Gasteiger partial charge in [0.05, 0.1) is 18.4 Å². The molecule has 0 fully saturated rings. The Morgan fingerprint density at radius 2 is 2.35 bits per heavy atom. The molecule has 1 aromatic rings. The number of hydrogen-bond donors (Lipinski definition) is 1. The summed E-state index contributed by atoms with van der Waals surface area (Å²) in [6, 6.07) is 5.63. The number of carbonyl (C=O) groups is 1. The van der Waals surface area contributed by atoms with Crippen molar-refractivity contribution in [2.75, 3.05) is 13.2 Å². The van der Waals surface area contributed by atoms with E-state index in [1.165, 1.54) is 6.26 Å². The number of benzene rings is 1. The van der Waals surface area contributed by atoms with Crippen LogP contribution in [0.5, 0.6) is 0 Å². The predicted octanol–water partition coefficient (Wildman–Crippen LogP) is 3.04. The van der Waals surface area contributed by atoms with Crippen molar-refractivity contribution in [1.29, 1.82) is 0 Å². The second-order valence-electron chi connectivity index (χ2n) is 3.58. The van der Waals surface area contributed by atoms with E-state index in [1.54, 1.807) is 6.07 Å². The molecule has 0 unspecified atom stereocenters. The van der Waals surface area contributed by atoms with Crippen LogP contribution in [0, 0.1) is 6.92 Å². The zero-order valence-electron chi connectivity index (χ0n) is 9.83. The van der Waals surface area contributed by atoms with Gasteiger partial charge in [0.1, 0.15) is 0 Å². The topological polar surface area (TPSA) is 38.3 Å². The Kier molecular flexibility index (Phi) is 5.77. The number of aryl methyl sites for hydroxylation is 1. The van der Waals surface area contributed by atoms with Crippen molar-refractivity contribution >= 4 is 21.8 Å². The average molecular weight is 298 g/mol. The Morgan fingerprint density at radius 3 is 3.06 bits per heavy atom. The summed E-state index contributed by atoms with van der Waals surface area (Å²) in [5.74, 6) is -0.0702. The number of amides is 1. The van der Waals surface area contributed by atoms with Crippen LogP contribution in [0.15, 0.2) is 35.5 Å². The molecule has 0 atom stereocenters. The smallest absolute Gasteiger partial charge is 0.252 e. The van der Waals surface area contributed by atoms with Gasteiger partial charge < -0.3 is 10.1 Å². The number of rotatable bonds is 6. The van der Waals surface area contributed by atoms with E-state index < -0.39 is 0 Å². The van der Waals surface area contributed by atoms with Gasteiger partial charge in [0.2, 0.25) is 0 Å². The van der Waals surface area contributed by atoms with Crippen LogP contribution in [0.2, 0.25) is 0 Å². The molecule has 4 heteroatoms. The van der Waals surface area contributed by atoms with E-state index in [-0.39, 0.29) is 5.91 Å². The minimum absolute atomic E-state index is 0.0702. The first-order valence-electron chi connectivity index (χ1n) is 5.42. The molecule has 1 aromatic carbocycles. The second-order valence-corrected chi connectivity index (χ2v) is 4.38. The highest BCUT2D eigenvalue weighted by Gasteiger charge is 2.10. The lowest BCUT2D eigenvalue weighted by molar-refractivity contribution is 0.0949. The molecule has 0 aromatic heterocycles. The zero-order valence-corrected chi connectivity index (χ0v) is 11.4. The van der Waals surface area contributed by atoms with Gasteiger partial charge in [-0.2, -0.15) is 0 Å². The Bertz CT molecular complexity index is 404. The molecule has 0 bridgehead atoms. The molecule has 1 amide bonds. The number of nitrogens with one attached hydrogen (secondary N) is 1. The molecule has 0 aliphatic heterocycles. The zero-order chi connectivity index (χ0) is 12.7. The van der Waals surface area contributed by atoms with Crippen molar-refractivity contribution in [3.63, 3.8) is 0 Å². The fourth-order valence-electron chi connectivity index (χ4n) is 1.36. The van der Waals surface area contributed by atoms with E-state index in [1.807, 2.05) is 19.1 Å². The van der Waals surface area contributed by atoms with Crippen molar-refractivity contribution < 1.29 is 9.53 Å². The number of halogens is 1. The Balaban J connectivity index is 2.47. The minimum Gasteiger partial charge on any atom is -0.502 e. The number of hydrogen-bond acceptors (Lipinski definition) is 2. The molecule has 17 heavy (non-hydrogen) atoms. The van der Waals surface area contributed by atoms with E-state index in [2.05, 4.69) is 27.8 Å². The summed E-state index contributed by atoms with van der Waals surface area (Å²) in [5, 5.41) is 2.84. The average Bonchev–Trinajstić information content (AvgIpc) is 2.32.